The fourth-order valence-electron chi connectivity index (χ4n) is 2.62. The van der Waals surface area contributed by atoms with E-state index in [1.807, 2.05) is 13.0 Å². The number of nitrogens with one attached hydrogen (secondary N) is 1. The van der Waals surface area contributed by atoms with Gasteiger partial charge in [0, 0.05) is 30.3 Å². The molecule has 0 atom stereocenters. The molecule has 0 radical (unpaired) electrons. The molecule has 0 aliphatic carbocycles. The zero-order chi connectivity index (χ0) is 15.5. The van der Waals surface area contributed by atoms with E-state index in [1.54, 1.807) is 0 Å². The fourth-order valence-corrected chi connectivity index (χ4v) is 2.86. The van der Waals surface area contributed by atoms with Crippen LogP contribution in [0.15, 0.2) is 18.2 Å². The number of rotatable bonds is 5. The van der Waals surface area contributed by atoms with Crippen molar-refractivity contribution in [3.8, 4) is 0 Å². The molecule has 0 bridgehead atoms. The van der Waals surface area contributed by atoms with E-state index in [0.29, 0.717) is 5.92 Å². The Morgan fingerprint density at radius 3 is 2.57 bits per heavy atom. The van der Waals surface area contributed by atoms with E-state index < -0.39 is 5.60 Å². The topological polar surface area (TPSA) is 35.5 Å². The van der Waals surface area contributed by atoms with Gasteiger partial charge in [-0.25, -0.2) is 0 Å². The number of nitrogens with zero attached hydrogens (tertiary/aromatic N) is 1. The average molecular weight is 311 g/mol. The van der Waals surface area contributed by atoms with Crippen LogP contribution in [0.3, 0.4) is 0 Å². The average Bonchev–Trinajstić information content (AvgIpc) is 2.40. The molecule has 1 aromatic rings. The molecule has 2 rings (SSSR count). The summed E-state index contributed by atoms with van der Waals surface area (Å²) >= 11 is 6.40. The van der Waals surface area contributed by atoms with Crippen LogP contribution in [0.4, 0.5) is 5.69 Å². The summed E-state index contributed by atoms with van der Waals surface area (Å²) in [5.74, 6) is 0.643. The van der Waals surface area contributed by atoms with Crippen molar-refractivity contribution in [2.24, 2.45) is 5.92 Å². The molecular weight excluding hydrogens is 284 g/mol. The van der Waals surface area contributed by atoms with Gasteiger partial charge < -0.3 is 15.3 Å². The van der Waals surface area contributed by atoms with Crippen molar-refractivity contribution in [3.63, 3.8) is 0 Å². The molecule has 2 N–H and O–H groups in total. The summed E-state index contributed by atoms with van der Waals surface area (Å²) in [5.41, 5.74) is 1.79. The minimum Gasteiger partial charge on any atom is -0.390 e. The molecule has 1 aromatic carbocycles. The summed E-state index contributed by atoms with van der Waals surface area (Å²) in [6.07, 6.45) is 1.62. The van der Waals surface area contributed by atoms with E-state index in [0.717, 1.165) is 55.3 Å². The molecule has 21 heavy (non-hydrogen) atoms. The summed E-state index contributed by atoms with van der Waals surface area (Å²) in [5, 5.41) is 14.3. The molecule has 4 heteroatoms. The van der Waals surface area contributed by atoms with E-state index in [-0.39, 0.29) is 0 Å². The van der Waals surface area contributed by atoms with Crippen molar-refractivity contribution in [1.29, 1.82) is 0 Å². The monoisotopic (exact) mass is 310 g/mol. The molecule has 118 valence electrons. The second-order valence-corrected chi connectivity index (χ2v) is 7.19. The first-order chi connectivity index (χ1) is 9.87. The van der Waals surface area contributed by atoms with Crippen LogP contribution in [0.5, 0.6) is 0 Å². The highest BCUT2D eigenvalue weighted by Crippen LogP contribution is 2.29. The number of hydrogen-bond donors (Lipinski definition) is 2. The largest absolute Gasteiger partial charge is 0.390 e. The first kappa shape index (κ1) is 16.6. The lowest BCUT2D eigenvalue weighted by molar-refractivity contribution is 0.0351. The SMILES string of the molecule is CC(C)CNCc1ccc(N2CCC(C)(O)CC2)cc1Cl. The number of hydrogen-bond acceptors (Lipinski definition) is 3. The smallest absolute Gasteiger partial charge is 0.0653 e. The summed E-state index contributed by atoms with van der Waals surface area (Å²) in [6.45, 7) is 9.89. The lowest BCUT2D eigenvalue weighted by Gasteiger charge is -2.37. The third-order valence-electron chi connectivity index (χ3n) is 4.11. The van der Waals surface area contributed by atoms with Gasteiger partial charge in [-0.2, -0.15) is 0 Å². The summed E-state index contributed by atoms with van der Waals surface area (Å²) < 4.78 is 0. The maximum absolute atomic E-state index is 10.0. The lowest BCUT2D eigenvalue weighted by Crippen LogP contribution is -2.42. The van der Waals surface area contributed by atoms with Crippen LogP contribution in [-0.2, 0) is 6.54 Å². The quantitative estimate of drug-likeness (QED) is 0.874. The molecule has 0 aromatic heterocycles. The van der Waals surface area contributed by atoms with Crippen LogP contribution in [-0.4, -0.2) is 30.3 Å². The van der Waals surface area contributed by atoms with Gasteiger partial charge in [0.1, 0.15) is 0 Å². The number of benzene rings is 1. The Balaban J connectivity index is 1.96. The molecular formula is C17H27ClN2O. The zero-order valence-corrected chi connectivity index (χ0v) is 14.1. The maximum atomic E-state index is 10.0. The van der Waals surface area contributed by atoms with E-state index in [2.05, 4.69) is 36.2 Å². The first-order valence-corrected chi connectivity index (χ1v) is 8.22. The Morgan fingerprint density at radius 2 is 2.00 bits per heavy atom. The number of aliphatic hydroxyl groups is 1. The maximum Gasteiger partial charge on any atom is 0.0653 e. The van der Waals surface area contributed by atoms with Gasteiger partial charge in [-0.15, -0.1) is 0 Å². The lowest BCUT2D eigenvalue weighted by atomic mass is 9.93. The summed E-state index contributed by atoms with van der Waals surface area (Å²) in [4.78, 5) is 2.30. The molecule has 0 unspecified atom stereocenters. The molecule has 1 fully saturated rings. The first-order valence-electron chi connectivity index (χ1n) is 7.84. The summed E-state index contributed by atoms with van der Waals surface area (Å²) in [7, 11) is 0. The zero-order valence-electron chi connectivity index (χ0n) is 13.3. The predicted molar refractivity (Wildman–Crippen MR) is 90.1 cm³/mol. The molecule has 1 saturated heterocycles. The minimum atomic E-state index is -0.513. The molecule has 0 amide bonds. The summed E-state index contributed by atoms with van der Waals surface area (Å²) in [6, 6.07) is 6.30. The highest BCUT2D eigenvalue weighted by molar-refractivity contribution is 6.31. The second kappa shape index (κ2) is 6.99. The van der Waals surface area contributed by atoms with Gasteiger partial charge in [-0.3, -0.25) is 0 Å². The fraction of sp³-hybridized carbons (Fsp3) is 0.647. The third-order valence-corrected chi connectivity index (χ3v) is 4.46. The predicted octanol–water partition coefficient (Wildman–Crippen LogP) is 3.44. The van der Waals surface area contributed by atoms with Gasteiger partial charge in [-0.1, -0.05) is 31.5 Å². The Kier molecular flexibility index (Phi) is 5.53. The van der Waals surface area contributed by atoms with Crippen molar-refractivity contribution in [2.45, 2.75) is 45.8 Å². The molecule has 1 heterocycles. The number of anilines is 1. The Morgan fingerprint density at radius 1 is 1.33 bits per heavy atom. The van der Waals surface area contributed by atoms with Gasteiger partial charge >= 0.3 is 0 Å². The van der Waals surface area contributed by atoms with E-state index in [9.17, 15) is 5.11 Å². The van der Waals surface area contributed by atoms with Gasteiger partial charge in [0.2, 0.25) is 0 Å². The van der Waals surface area contributed by atoms with Crippen LogP contribution in [0.1, 0.15) is 39.2 Å². The molecule has 0 spiro atoms. The normalized spacial score (nSPS) is 18.3. The van der Waals surface area contributed by atoms with Crippen molar-refractivity contribution in [1.82, 2.24) is 5.32 Å². The van der Waals surface area contributed by atoms with Crippen molar-refractivity contribution >= 4 is 17.3 Å². The molecule has 1 aliphatic rings. The number of halogens is 1. The van der Waals surface area contributed by atoms with Crippen molar-refractivity contribution in [2.75, 3.05) is 24.5 Å². The molecule has 1 aliphatic heterocycles. The van der Waals surface area contributed by atoms with E-state index in [4.69, 9.17) is 11.6 Å². The van der Waals surface area contributed by atoms with E-state index >= 15 is 0 Å². The van der Waals surface area contributed by atoms with Crippen LogP contribution in [0, 0.1) is 5.92 Å². The van der Waals surface area contributed by atoms with Gasteiger partial charge in [0.25, 0.3) is 0 Å². The Labute approximate surface area is 133 Å². The van der Waals surface area contributed by atoms with Gasteiger partial charge in [0.05, 0.1) is 5.60 Å². The van der Waals surface area contributed by atoms with Crippen molar-refractivity contribution in [3.05, 3.63) is 28.8 Å². The van der Waals surface area contributed by atoms with Crippen molar-refractivity contribution < 1.29 is 5.11 Å². The highest BCUT2D eigenvalue weighted by Gasteiger charge is 2.27. The Bertz CT molecular complexity index is 464. The Hall–Kier alpha value is -0.770. The van der Waals surface area contributed by atoms with Gasteiger partial charge in [-0.05, 0) is 49.9 Å². The minimum absolute atomic E-state index is 0.513. The van der Waals surface area contributed by atoms with Crippen LogP contribution in [0.2, 0.25) is 5.02 Å². The van der Waals surface area contributed by atoms with Crippen LogP contribution < -0.4 is 10.2 Å². The second-order valence-electron chi connectivity index (χ2n) is 6.78. The third kappa shape index (κ3) is 4.87. The molecule has 0 saturated carbocycles. The van der Waals surface area contributed by atoms with Crippen LogP contribution in [0.25, 0.3) is 0 Å². The van der Waals surface area contributed by atoms with E-state index in [1.165, 1.54) is 0 Å². The van der Waals surface area contributed by atoms with Gasteiger partial charge in [0.15, 0.2) is 0 Å². The van der Waals surface area contributed by atoms with Crippen LogP contribution >= 0.6 is 11.6 Å². The highest BCUT2D eigenvalue weighted by atomic mass is 35.5. The molecule has 3 nitrogen and oxygen atoms in total. The number of piperidine rings is 1. The standard InChI is InChI=1S/C17H27ClN2O/c1-13(2)11-19-12-14-4-5-15(10-16(14)18)20-8-6-17(3,21)7-9-20/h4-5,10,13,19,21H,6-9,11-12H2,1-3H3.